The molecule has 0 radical (unpaired) electrons. The van der Waals surface area contributed by atoms with E-state index in [9.17, 15) is 14.7 Å². The standard InChI is InChI=1S/C21H19NO6/c1-12(23)22-14-7-4-13(5-8-14)6-9-16(24)17-18(25)21(27-3)20-15(10-11-28-20)19(17)26-2/h4-11,25H,1-3H3,(H,22,23). The van der Waals surface area contributed by atoms with Gasteiger partial charge in [-0.3, -0.25) is 9.59 Å². The van der Waals surface area contributed by atoms with E-state index in [1.807, 2.05) is 0 Å². The second kappa shape index (κ2) is 7.87. The molecule has 1 aromatic heterocycles. The van der Waals surface area contributed by atoms with Crippen molar-refractivity contribution in [2.75, 3.05) is 19.5 Å². The van der Waals surface area contributed by atoms with E-state index in [-0.39, 0.29) is 28.7 Å². The number of carbonyl (C=O) groups excluding carboxylic acids is 2. The smallest absolute Gasteiger partial charge is 0.221 e. The zero-order chi connectivity index (χ0) is 20.3. The molecular weight excluding hydrogens is 362 g/mol. The molecule has 144 valence electrons. The summed E-state index contributed by atoms with van der Waals surface area (Å²) in [4.78, 5) is 23.9. The van der Waals surface area contributed by atoms with E-state index in [4.69, 9.17) is 13.9 Å². The van der Waals surface area contributed by atoms with E-state index in [0.717, 1.165) is 5.56 Å². The summed E-state index contributed by atoms with van der Waals surface area (Å²) in [6.45, 7) is 1.43. The summed E-state index contributed by atoms with van der Waals surface area (Å²) in [5.74, 6) is -0.696. The third-order valence-corrected chi connectivity index (χ3v) is 4.11. The first-order valence-electron chi connectivity index (χ1n) is 8.40. The van der Waals surface area contributed by atoms with Gasteiger partial charge in [-0.2, -0.15) is 0 Å². The van der Waals surface area contributed by atoms with Gasteiger partial charge in [-0.1, -0.05) is 18.2 Å². The first-order valence-corrected chi connectivity index (χ1v) is 8.40. The summed E-state index contributed by atoms with van der Waals surface area (Å²) < 4.78 is 15.9. The number of allylic oxidation sites excluding steroid dienone is 1. The predicted octanol–water partition coefficient (Wildman–Crippen LogP) is 4.01. The topological polar surface area (TPSA) is 98.0 Å². The highest BCUT2D eigenvalue weighted by Gasteiger charge is 2.26. The van der Waals surface area contributed by atoms with Gasteiger partial charge in [0, 0.05) is 12.6 Å². The molecule has 0 atom stereocenters. The van der Waals surface area contributed by atoms with Crippen molar-refractivity contribution in [1.82, 2.24) is 0 Å². The molecule has 0 bridgehead atoms. The maximum Gasteiger partial charge on any atom is 0.221 e. The number of phenols is 1. The number of hydrogen-bond acceptors (Lipinski definition) is 6. The molecule has 7 nitrogen and oxygen atoms in total. The van der Waals surface area contributed by atoms with E-state index in [2.05, 4.69) is 5.32 Å². The second-order valence-electron chi connectivity index (χ2n) is 5.95. The average Bonchev–Trinajstić information content (AvgIpc) is 3.15. The van der Waals surface area contributed by atoms with Crippen LogP contribution in [0.4, 0.5) is 5.69 Å². The molecule has 0 aliphatic carbocycles. The molecule has 0 fully saturated rings. The Hall–Kier alpha value is -3.74. The largest absolute Gasteiger partial charge is 0.504 e. The Labute approximate surface area is 161 Å². The van der Waals surface area contributed by atoms with Crippen LogP contribution in [-0.4, -0.2) is 31.0 Å². The summed E-state index contributed by atoms with van der Waals surface area (Å²) in [7, 11) is 2.79. The fourth-order valence-electron chi connectivity index (χ4n) is 2.89. The lowest BCUT2D eigenvalue weighted by Crippen LogP contribution is -2.05. The van der Waals surface area contributed by atoms with Crippen molar-refractivity contribution < 1.29 is 28.6 Å². The van der Waals surface area contributed by atoms with Gasteiger partial charge in [0.2, 0.25) is 11.7 Å². The molecule has 7 heteroatoms. The second-order valence-corrected chi connectivity index (χ2v) is 5.95. The van der Waals surface area contributed by atoms with Gasteiger partial charge >= 0.3 is 0 Å². The highest BCUT2D eigenvalue weighted by molar-refractivity contribution is 6.15. The lowest BCUT2D eigenvalue weighted by molar-refractivity contribution is -0.114. The van der Waals surface area contributed by atoms with Gasteiger partial charge in [0.25, 0.3) is 0 Å². The fourth-order valence-corrected chi connectivity index (χ4v) is 2.89. The van der Waals surface area contributed by atoms with Gasteiger partial charge in [0.1, 0.15) is 11.3 Å². The molecule has 28 heavy (non-hydrogen) atoms. The molecule has 0 aliphatic rings. The summed E-state index contributed by atoms with van der Waals surface area (Å²) >= 11 is 0. The average molecular weight is 381 g/mol. The normalized spacial score (nSPS) is 11.0. The van der Waals surface area contributed by atoms with Crippen molar-refractivity contribution in [3.05, 3.63) is 53.8 Å². The number of benzene rings is 2. The zero-order valence-electron chi connectivity index (χ0n) is 15.6. The van der Waals surface area contributed by atoms with Crippen LogP contribution >= 0.6 is 0 Å². The first-order chi connectivity index (χ1) is 13.5. The fraction of sp³-hybridized carbons (Fsp3) is 0.143. The minimum Gasteiger partial charge on any atom is -0.504 e. The van der Waals surface area contributed by atoms with Crippen LogP contribution in [0.3, 0.4) is 0 Å². The number of hydrogen-bond donors (Lipinski definition) is 2. The number of aromatic hydroxyl groups is 1. The Morgan fingerprint density at radius 3 is 2.36 bits per heavy atom. The Bertz CT molecular complexity index is 1060. The number of ether oxygens (including phenoxy) is 2. The van der Waals surface area contributed by atoms with E-state index < -0.39 is 5.78 Å². The van der Waals surface area contributed by atoms with Gasteiger partial charge in [-0.15, -0.1) is 0 Å². The van der Waals surface area contributed by atoms with Crippen molar-refractivity contribution in [3.8, 4) is 17.2 Å². The van der Waals surface area contributed by atoms with Crippen LogP contribution in [0.25, 0.3) is 17.0 Å². The molecule has 0 saturated carbocycles. The lowest BCUT2D eigenvalue weighted by Gasteiger charge is -2.13. The summed E-state index contributed by atoms with van der Waals surface area (Å²) in [6.07, 6.45) is 4.36. The van der Waals surface area contributed by atoms with Gasteiger partial charge in [0.15, 0.2) is 17.1 Å². The highest BCUT2D eigenvalue weighted by Crippen LogP contribution is 2.45. The molecular formula is C21H19NO6. The van der Waals surface area contributed by atoms with Gasteiger partial charge in [-0.25, -0.2) is 0 Å². The molecule has 0 spiro atoms. The molecule has 0 unspecified atom stereocenters. The molecule has 2 aromatic carbocycles. The lowest BCUT2D eigenvalue weighted by atomic mass is 10.0. The van der Waals surface area contributed by atoms with Gasteiger partial charge in [-0.05, 0) is 29.8 Å². The van der Waals surface area contributed by atoms with E-state index in [0.29, 0.717) is 16.7 Å². The highest BCUT2D eigenvalue weighted by atomic mass is 16.5. The third-order valence-electron chi connectivity index (χ3n) is 4.11. The summed E-state index contributed by atoms with van der Waals surface area (Å²) in [6, 6.07) is 8.60. The number of fused-ring (bicyclic) bond motifs is 1. The number of amides is 1. The minimum atomic E-state index is -0.457. The van der Waals surface area contributed by atoms with Crippen LogP contribution in [0.1, 0.15) is 22.8 Å². The molecule has 3 rings (SSSR count). The van der Waals surface area contributed by atoms with Crippen molar-refractivity contribution in [2.45, 2.75) is 6.92 Å². The Morgan fingerprint density at radius 2 is 1.75 bits per heavy atom. The van der Waals surface area contributed by atoms with E-state index in [1.54, 1.807) is 36.4 Å². The molecule has 1 heterocycles. The number of phenolic OH excluding ortho intramolecular Hbond substituents is 1. The SMILES string of the molecule is COc1c(C(=O)C=Cc2ccc(NC(C)=O)cc2)c(O)c(OC)c2occc12. The maximum atomic E-state index is 12.8. The monoisotopic (exact) mass is 381 g/mol. The molecule has 0 aliphatic heterocycles. The van der Waals surface area contributed by atoms with Crippen LogP contribution in [0.5, 0.6) is 17.2 Å². The molecule has 1 amide bonds. The van der Waals surface area contributed by atoms with Crippen LogP contribution < -0.4 is 14.8 Å². The zero-order valence-corrected chi connectivity index (χ0v) is 15.6. The third kappa shape index (κ3) is 3.55. The molecule has 2 N–H and O–H groups in total. The quantitative estimate of drug-likeness (QED) is 0.495. The number of methoxy groups -OCH3 is 2. The van der Waals surface area contributed by atoms with Gasteiger partial charge < -0.3 is 24.3 Å². The number of ketones is 1. The Balaban J connectivity index is 1.96. The number of carbonyl (C=O) groups is 2. The van der Waals surface area contributed by atoms with E-state index in [1.165, 1.54) is 33.5 Å². The maximum absolute atomic E-state index is 12.8. The molecule has 3 aromatic rings. The first kappa shape index (κ1) is 19.0. The summed E-state index contributed by atoms with van der Waals surface area (Å²) in [5.41, 5.74) is 1.69. The van der Waals surface area contributed by atoms with Crippen LogP contribution in [0.15, 0.2) is 47.1 Å². The minimum absolute atomic E-state index is 0.0145. The van der Waals surface area contributed by atoms with Crippen LogP contribution in [-0.2, 0) is 4.79 Å². The van der Waals surface area contributed by atoms with Crippen molar-refractivity contribution in [2.24, 2.45) is 0 Å². The number of anilines is 1. The van der Waals surface area contributed by atoms with Crippen LogP contribution in [0.2, 0.25) is 0 Å². The van der Waals surface area contributed by atoms with Crippen molar-refractivity contribution >= 4 is 34.4 Å². The Kier molecular flexibility index (Phi) is 5.35. The molecule has 0 saturated heterocycles. The predicted molar refractivity (Wildman–Crippen MR) is 105 cm³/mol. The summed E-state index contributed by atoms with van der Waals surface area (Å²) in [5, 5.41) is 13.7. The van der Waals surface area contributed by atoms with E-state index >= 15 is 0 Å². The number of nitrogens with one attached hydrogen (secondary N) is 1. The number of rotatable bonds is 6. The van der Waals surface area contributed by atoms with Crippen molar-refractivity contribution in [1.29, 1.82) is 0 Å². The Morgan fingerprint density at radius 1 is 1.07 bits per heavy atom. The van der Waals surface area contributed by atoms with Crippen molar-refractivity contribution in [3.63, 3.8) is 0 Å². The van der Waals surface area contributed by atoms with Crippen LogP contribution in [0, 0.1) is 0 Å². The number of furan rings is 1. The van der Waals surface area contributed by atoms with Gasteiger partial charge in [0.05, 0.1) is 25.9 Å².